The molecule has 0 heterocycles. The van der Waals surface area contributed by atoms with Gasteiger partial charge in [-0.05, 0) is 41.8 Å². The molecule has 1 unspecified atom stereocenters. The van der Waals surface area contributed by atoms with E-state index in [0.29, 0.717) is 0 Å². The fourth-order valence-corrected chi connectivity index (χ4v) is 1.94. The lowest BCUT2D eigenvalue weighted by Crippen LogP contribution is -2.13. The van der Waals surface area contributed by atoms with Crippen LogP contribution in [-0.2, 0) is 6.42 Å². The zero-order chi connectivity index (χ0) is 13.0. The fraction of sp³-hybridized carbons (Fsp3) is 0.125. The molecule has 0 amide bonds. The second-order valence-corrected chi connectivity index (χ2v) is 4.64. The van der Waals surface area contributed by atoms with Gasteiger partial charge in [-0.2, -0.15) is 0 Å². The first kappa shape index (κ1) is 12.7. The van der Waals surface area contributed by atoms with Crippen LogP contribution in [0.1, 0.15) is 22.7 Å². The van der Waals surface area contributed by atoms with Crippen LogP contribution in [0.5, 0.6) is 0 Å². The maximum atomic E-state index is 6.17. The summed E-state index contributed by atoms with van der Waals surface area (Å²) in [7, 11) is 0. The van der Waals surface area contributed by atoms with Gasteiger partial charge in [-0.3, -0.25) is 0 Å². The van der Waals surface area contributed by atoms with Crippen LogP contribution in [0.4, 0.5) is 0 Å². The van der Waals surface area contributed by atoms with Crippen molar-refractivity contribution in [3.05, 3.63) is 70.2 Å². The zero-order valence-corrected chi connectivity index (χ0v) is 10.7. The lowest BCUT2D eigenvalue weighted by Gasteiger charge is -2.12. The van der Waals surface area contributed by atoms with Crippen molar-refractivity contribution in [2.24, 2.45) is 5.73 Å². The molecule has 0 spiro atoms. The number of halogens is 1. The minimum atomic E-state index is -0.0296. The summed E-state index contributed by atoms with van der Waals surface area (Å²) in [5.41, 5.74) is 9.31. The molecule has 0 saturated carbocycles. The summed E-state index contributed by atoms with van der Waals surface area (Å²) in [6.07, 6.45) is 6.10. The molecule has 2 aromatic rings. The molecule has 2 N–H and O–H groups in total. The van der Waals surface area contributed by atoms with Crippen molar-refractivity contribution in [1.29, 1.82) is 0 Å². The second-order valence-electron chi connectivity index (χ2n) is 4.20. The summed E-state index contributed by atoms with van der Waals surface area (Å²) < 4.78 is 0. The van der Waals surface area contributed by atoms with Gasteiger partial charge in [0.25, 0.3) is 0 Å². The SMILES string of the molecule is C#Cc1ccc(C(N)Cc2ccc(Cl)cc2)cc1. The molecule has 1 nitrogen and oxygen atoms in total. The first-order valence-corrected chi connectivity index (χ1v) is 6.13. The third-order valence-corrected chi connectivity index (χ3v) is 3.13. The van der Waals surface area contributed by atoms with E-state index in [4.69, 9.17) is 23.8 Å². The van der Waals surface area contributed by atoms with Crippen LogP contribution in [-0.4, -0.2) is 0 Å². The second kappa shape index (κ2) is 5.73. The van der Waals surface area contributed by atoms with Gasteiger partial charge in [0.05, 0.1) is 0 Å². The van der Waals surface area contributed by atoms with Crippen LogP contribution < -0.4 is 5.73 Å². The Balaban J connectivity index is 2.09. The summed E-state index contributed by atoms with van der Waals surface area (Å²) in [4.78, 5) is 0. The largest absolute Gasteiger partial charge is 0.324 e. The molecule has 0 bridgehead atoms. The van der Waals surface area contributed by atoms with Gasteiger partial charge in [0.2, 0.25) is 0 Å². The van der Waals surface area contributed by atoms with Gasteiger partial charge in [-0.15, -0.1) is 6.42 Å². The van der Waals surface area contributed by atoms with E-state index >= 15 is 0 Å². The number of hydrogen-bond donors (Lipinski definition) is 1. The Labute approximate surface area is 113 Å². The molecule has 0 fully saturated rings. The summed E-state index contributed by atoms with van der Waals surface area (Å²) >= 11 is 5.85. The highest BCUT2D eigenvalue weighted by atomic mass is 35.5. The Kier molecular flexibility index (Phi) is 4.04. The average molecular weight is 256 g/mol. The summed E-state index contributed by atoms with van der Waals surface area (Å²) in [6, 6.07) is 15.5. The van der Waals surface area contributed by atoms with Crippen molar-refractivity contribution in [1.82, 2.24) is 0 Å². The molecule has 2 aromatic carbocycles. The first-order valence-electron chi connectivity index (χ1n) is 5.75. The fourth-order valence-electron chi connectivity index (χ4n) is 1.82. The average Bonchev–Trinajstić information content (AvgIpc) is 2.41. The van der Waals surface area contributed by atoms with E-state index in [1.54, 1.807) is 0 Å². The highest BCUT2D eigenvalue weighted by molar-refractivity contribution is 6.30. The molecule has 0 aliphatic rings. The van der Waals surface area contributed by atoms with Crippen LogP contribution in [0.2, 0.25) is 5.02 Å². The van der Waals surface area contributed by atoms with E-state index in [-0.39, 0.29) is 6.04 Å². The molecular weight excluding hydrogens is 242 g/mol. The Bertz CT molecular complexity index is 549. The Morgan fingerprint density at radius 1 is 1.06 bits per heavy atom. The topological polar surface area (TPSA) is 26.0 Å². The normalized spacial score (nSPS) is 11.8. The summed E-state index contributed by atoms with van der Waals surface area (Å²) in [6.45, 7) is 0. The number of terminal acetylenes is 1. The van der Waals surface area contributed by atoms with Gasteiger partial charge in [0.15, 0.2) is 0 Å². The molecule has 2 heteroatoms. The molecule has 0 aliphatic carbocycles. The summed E-state index contributed by atoms with van der Waals surface area (Å²) in [5.74, 6) is 2.59. The maximum Gasteiger partial charge on any atom is 0.0406 e. The predicted octanol–water partition coefficient (Wildman–Crippen LogP) is 3.56. The monoisotopic (exact) mass is 255 g/mol. The van der Waals surface area contributed by atoms with Crippen molar-refractivity contribution >= 4 is 11.6 Å². The maximum absolute atomic E-state index is 6.17. The minimum Gasteiger partial charge on any atom is -0.324 e. The van der Waals surface area contributed by atoms with E-state index < -0.39 is 0 Å². The molecular formula is C16H14ClN. The number of nitrogens with two attached hydrogens (primary N) is 1. The molecule has 0 radical (unpaired) electrons. The third kappa shape index (κ3) is 3.13. The Hall–Kier alpha value is -1.75. The standard InChI is InChI=1S/C16H14ClN/c1-2-12-3-7-14(8-4-12)16(18)11-13-5-9-15(17)10-6-13/h1,3-10,16H,11,18H2. The van der Waals surface area contributed by atoms with Gasteiger partial charge < -0.3 is 5.73 Å². The molecule has 0 aliphatic heterocycles. The summed E-state index contributed by atoms with van der Waals surface area (Å²) in [5, 5.41) is 0.741. The van der Waals surface area contributed by atoms with E-state index in [2.05, 4.69) is 5.92 Å². The lowest BCUT2D eigenvalue weighted by molar-refractivity contribution is 0.722. The molecule has 1 atom stereocenters. The number of rotatable bonds is 3. The highest BCUT2D eigenvalue weighted by Crippen LogP contribution is 2.18. The Morgan fingerprint density at radius 2 is 1.67 bits per heavy atom. The highest BCUT2D eigenvalue weighted by Gasteiger charge is 2.06. The molecule has 0 saturated heterocycles. The lowest BCUT2D eigenvalue weighted by atomic mass is 9.99. The van der Waals surface area contributed by atoms with Gasteiger partial charge in [-0.1, -0.05) is 41.8 Å². The van der Waals surface area contributed by atoms with Gasteiger partial charge in [0, 0.05) is 16.6 Å². The van der Waals surface area contributed by atoms with Crippen LogP contribution in [0.3, 0.4) is 0 Å². The van der Waals surface area contributed by atoms with E-state index in [9.17, 15) is 0 Å². The van der Waals surface area contributed by atoms with Crippen LogP contribution >= 0.6 is 11.6 Å². The van der Waals surface area contributed by atoms with Crippen molar-refractivity contribution < 1.29 is 0 Å². The van der Waals surface area contributed by atoms with Gasteiger partial charge >= 0.3 is 0 Å². The van der Waals surface area contributed by atoms with Gasteiger partial charge in [-0.25, -0.2) is 0 Å². The predicted molar refractivity (Wildman–Crippen MR) is 76.5 cm³/mol. The minimum absolute atomic E-state index is 0.0296. The third-order valence-electron chi connectivity index (χ3n) is 2.87. The molecule has 18 heavy (non-hydrogen) atoms. The molecule has 90 valence electrons. The Morgan fingerprint density at radius 3 is 2.22 bits per heavy atom. The van der Waals surface area contributed by atoms with E-state index in [1.807, 2.05) is 48.5 Å². The number of benzene rings is 2. The zero-order valence-electron chi connectivity index (χ0n) is 9.94. The molecule has 0 aromatic heterocycles. The van der Waals surface area contributed by atoms with Crippen molar-refractivity contribution in [2.75, 3.05) is 0 Å². The number of hydrogen-bond acceptors (Lipinski definition) is 1. The van der Waals surface area contributed by atoms with Crippen LogP contribution in [0, 0.1) is 12.3 Å². The quantitative estimate of drug-likeness (QED) is 0.834. The van der Waals surface area contributed by atoms with Crippen molar-refractivity contribution in [3.63, 3.8) is 0 Å². The van der Waals surface area contributed by atoms with E-state index in [0.717, 1.165) is 22.6 Å². The van der Waals surface area contributed by atoms with Gasteiger partial charge in [0.1, 0.15) is 0 Å². The van der Waals surface area contributed by atoms with E-state index in [1.165, 1.54) is 5.56 Å². The smallest absolute Gasteiger partial charge is 0.0406 e. The van der Waals surface area contributed by atoms with Crippen molar-refractivity contribution in [3.8, 4) is 12.3 Å². The van der Waals surface area contributed by atoms with Crippen LogP contribution in [0.25, 0.3) is 0 Å². The molecule has 2 rings (SSSR count). The first-order chi connectivity index (χ1) is 8.69. The van der Waals surface area contributed by atoms with Crippen molar-refractivity contribution in [2.45, 2.75) is 12.5 Å². The van der Waals surface area contributed by atoms with Crippen LogP contribution in [0.15, 0.2) is 48.5 Å².